The molecule has 0 radical (unpaired) electrons. The maximum atomic E-state index is 11.1. The van der Waals surface area contributed by atoms with Gasteiger partial charge in [0, 0.05) is 4.47 Å². The number of rotatable bonds is 4. The highest BCUT2D eigenvalue weighted by Crippen LogP contribution is 2.29. The molecule has 0 heterocycles. The Morgan fingerprint density at radius 2 is 2.00 bits per heavy atom. The molecule has 0 saturated carbocycles. The van der Waals surface area contributed by atoms with Crippen LogP contribution in [0.4, 0.5) is 0 Å². The van der Waals surface area contributed by atoms with Crippen LogP contribution in [0, 0.1) is 0 Å². The summed E-state index contributed by atoms with van der Waals surface area (Å²) in [5, 5.41) is 19.3. The highest BCUT2D eigenvalue weighted by atomic mass is 79.9. The van der Waals surface area contributed by atoms with Crippen LogP contribution >= 0.6 is 15.9 Å². The van der Waals surface area contributed by atoms with Gasteiger partial charge in [-0.15, -0.1) is 0 Å². The highest BCUT2D eigenvalue weighted by Gasteiger charge is 2.27. The smallest absolute Gasteiger partial charge is 0.337 e. The number of ether oxygens (including phenoxy) is 2. The van der Waals surface area contributed by atoms with Gasteiger partial charge in [0.1, 0.15) is 11.9 Å². The molecular weight excluding hydrogens is 292 g/mol. The molecule has 17 heavy (non-hydrogen) atoms. The molecule has 0 aromatic heterocycles. The van der Waals surface area contributed by atoms with E-state index in [1.165, 1.54) is 7.11 Å². The summed E-state index contributed by atoms with van der Waals surface area (Å²) < 4.78 is 9.88. The van der Waals surface area contributed by atoms with Gasteiger partial charge in [-0.3, -0.25) is 0 Å². The predicted molar refractivity (Wildman–Crippen MR) is 63.7 cm³/mol. The van der Waals surface area contributed by atoms with Gasteiger partial charge in [0.25, 0.3) is 0 Å². The molecule has 6 heteroatoms. The number of methoxy groups -OCH3 is 2. The summed E-state index contributed by atoms with van der Waals surface area (Å²) in [6, 6.07) is 4.80. The predicted octanol–water partition coefficient (Wildman–Crippen LogP) is 1.03. The molecule has 5 nitrogen and oxygen atoms in total. The van der Waals surface area contributed by atoms with E-state index < -0.39 is 18.2 Å². The first-order valence-corrected chi connectivity index (χ1v) is 5.58. The Morgan fingerprint density at radius 3 is 2.47 bits per heavy atom. The molecule has 0 aliphatic heterocycles. The summed E-state index contributed by atoms with van der Waals surface area (Å²) in [4.78, 5) is 11.1. The fourth-order valence-corrected chi connectivity index (χ4v) is 1.89. The van der Waals surface area contributed by atoms with Crippen molar-refractivity contribution >= 4 is 21.9 Å². The standard InChI is InChI=1S/C11H13BrO5/c1-16-6-3-4-7(8(12)5-6)9(13)10(14)11(15)17-2/h3-5,9-10,13-14H,1-2H3. The Hall–Kier alpha value is -1.11. The summed E-state index contributed by atoms with van der Waals surface area (Å²) in [7, 11) is 2.66. The third kappa shape index (κ3) is 3.18. The minimum absolute atomic E-state index is 0.378. The van der Waals surface area contributed by atoms with Gasteiger partial charge in [-0.05, 0) is 17.7 Å². The molecule has 0 spiro atoms. The van der Waals surface area contributed by atoms with Crippen molar-refractivity contribution in [2.24, 2.45) is 0 Å². The molecule has 0 aliphatic rings. The first kappa shape index (κ1) is 14.0. The molecule has 2 unspecified atom stereocenters. The molecule has 1 aromatic carbocycles. The number of hydrogen-bond acceptors (Lipinski definition) is 5. The van der Waals surface area contributed by atoms with Crippen LogP contribution in [0.3, 0.4) is 0 Å². The third-order valence-corrected chi connectivity index (χ3v) is 2.95. The summed E-state index contributed by atoms with van der Waals surface area (Å²) in [6.45, 7) is 0. The Kier molecular flexibility index (Phi) is 4.92. The average molecular weight is 305 g/mol. The van der Waals surface area contributed by atoms with Crippen molar-refractivity contribution in [1.82, 2.24) is 0 Å². The van der Waals surface area contributed by atoms with Gasteiger partial charge in [-0.25, -0.2) is 4.79 Å². The van der Waals surface area contributed by atoms with E-state index >= 15 is 0 Å². The largest absolute Gasteiger partial charge is 0.497 e. The van der Waals surface area contributed by atoms with Gasteiger partial charge in [-0.1, -0.05) is 22.0 Å². The molecule has 94 valence electrons. The molecule has 0 amide bonds. The number of aliphatic hydroxyl groups is 2. The second-order valence-corrected chi connectivity index (χ2v) is 4.15. The van der Waals surface area contributed by atoms with Crippen LogP contribution in [0.15, 0.2) is 22.7 Å². The van der Waals surface area contributed by atoms with Crippen molar-refractivity contribution in [1.29, 1.82) is 0 Å². The molecular formula is C11H13BrO5. The van der Waals surface area contributed by atoms with E-state index in [0.29, 0.717) is 15.8 Å². The Morgan fingerprint density at radius 1 is 1.35 bits per heavy atom. The number of hydrogen-bond donors (Lipinski definition) is 2. The second kappa shape index (κ2) is 6.00. The molecule has 1 aromatic rings. The normalized spacial score (nSPS) is 13.9. The van der Waals surface area contributed by atoms with Gasteiger partial charge in [-0.2, -0.15) is 0 Å². The number of benzene rings is 1. The van der Waals surface area contributed by atoms with Crippen molar-refractivity contribution in [2.75, 3.05) is 14.2 Å². The van der Waals surface area contributed by atoms with Crippen molar-refractivity contribution in [3.8, 4) is 5.75 Å². The topological polar surface area (TPSA) is 76.0 Å². The van der Waals surface area contributed by atoms with Gasteiger partial charge >= 0.3 is 5.97 Å². The number of carbonyl (C=O) groups is 1. The zero-order chi connectivity index (χ0) is 13.0. The molecule has 0 saturated heterocycles. The van der Waals surface area contributed by atoms with E-state index in [9.17, 15) is 15.0 Å². The highest BCUT2D eigenvalue weighted by molar-refractivity contribution is 9.10. The number of aliphatic hydroxyl groups excluding tert-OH is 2. The average Bonchev–Trinajstić information content (AvgIpc) is 2.35. The lowest BCUT2D eigenvalue weighted by Gasteiger charge is -2.17. The minimum Gasteiger partial charge on any atom is -0.497 e. The molecule has 0 fully saturated rings. The molecule has 2 N–H and O–H groups in total. The maximum Gasteiger partial charge on any atom is 0.337 e. The minimum atomic E-state index is -1.62. The summed E-state index contributed by atoms with van der Waals surface area (Å²) in [5.74, 6) is -0.291. The van der Waals surface area contributed by atoms with Crippen LogP contribution in [0.25, 0.3) is 0 Å². The first-order valence-electron chi connectivity index (χ1n) is 4.78. The zero-order valence-electron chi connectivity index (χ0n) is 9.38. The van der Waals surface area contributed by atoms with Crippen LogP contribution in [0.5, 0.6) is 5.75 Å². The fourth-order valence-electron chi connectivity index (χ4n) is 1.29. The molecule has 1 rings (SSSR count). The first-order chi connectivity index (χ1) is 8.01. The van der Waals surface area contributed by atoms with Crippen LogP contribution in [-0.4, -0.2) is 36.5 Å². The van der Waals surface area contributed by atoms with E-state index in [2.05, 4.69) is 20.7 Å². The maximum absolute atomic E-state index is 11.1. The van der Waals surface area contributed by atoms with Crippen LogP contribution < -0.4 is 4.74 Å². The van der Waals surface area contributed by atoms with Gasteiger partial charge in [0.05, 0.1) is 14.2 Å². The van der Waals surface area contributed by atoms with Gasteiger partial charge in [0.2, 0.25) is 0 Å². The summed E-state index contributed by atoms with van der Waals surface area (Å²) in [6.07, 6.45) is -2.98. The van der Waals surface area contributed by atoms with E-state index in [0.717, 1.165) is 7.11 Å². The summed E-state index contributed by atoms with van der Waals surface area (Å²) in [5.41, 5.74) is 0.378. The lowest BCUT2D eigenvalue weighted by Crippen LogP contribution is -2.29. The van der Waals surface area contributed by atoms with E-state index in [1.807, 2.05) is 0 Å². The van der Waals surface area contributed by atoms with Crippen LogP contribution in [0.1, 0.15) is 11.7 Å². The Balaban J connectivity index is 2.96. The molecule has 0 aliphatic carbocycles. The van der Waals surface area contributed by atoms with Gasteiger partial charge in [0.15, 0.2) is 6.10 Å². The molecule has 0 bridgehead atoms. The second-order valence-electron chi connectivity index (χ2n) is 3.30. The zero-order valence-corrected chi connectivity index (χ0v) is 11.0. The quantitative estimate of drug-likeness (QED) is 0.813. The third-order valence-electron chi connectivity index (χ3n) is 2.27. The van der Waals surface area contributed by atoms with E-state index in [4.69, 9.17) is 4.74 Å². The Labute approximate surface area is 107 Å². The van der Waals surface area contributed by atoms with Gasteiger partial charge < -0.3 is 19.7 Å². The number of carbonyl (C=O) groups excluding carboxylic acids is 1. The van der Waals surface area contributed by atoms with Crippen LogP contribution in [0.2, 0.25) is 0 Å². The van der Waals surface area contributed by atoms with E-state index in [1.54, 1.807) is 18.2 Å². The van der Waals surface area contributed by atoms with E-state index in [-0.39, 0.29) is 0 Å². The number of halogens is 1. The van der Waals surface area contributed by atoms with Crippen molar-refractivity contribution in [3.05, 3.63) is 28.2 Å². The van der Waals surface area contributed by atoms with Crippen molar-refractivity contribution in [2.45, 2.75) is 12.2 Å². The van der Waals surface area contributed by atoms with Crippen molar-refractivity contribution < 1.29 is 24.5 Å². The lowest BCUT2D eigenvalue weighted by atomic mass is 10.0. The summed E-state index contributed by atoms with van der Waals surface area (Å²) >= 11 is 3.22. The number of esters is 1. The molecule has 2 atom stereocenters. The lowest BCUT2D eigenvalue weighted by molar-refractivity contribution is -0.156. The van der Waals surface area contributed by atoms with Crippen molar-refractivity contribution in [3.63, 3.8) is 0 Å². The SMILES string of the molecule is COC(=O)C(O)C(O)c1ccc(OC)cc1Br. The Bertz CT molecular complexity index is 407. The van der Waals surface area contributed by atoms with Crippen LogP contribution in [-0.2, 0) is 9.53 Å². The monoisotopic (exact) mass is 304 g/mol. The fraction of sp³-hybridized carbons (Fsp3) is 0.364.